The Morgan fingerprint density at radius 2 is 1.70 bits per heavy atom. The van der Waals surface area contributed by atoms with E-state index < -0.39 is 12.0 Å². The van der Waals surface area contributed by atoms with Gasteiger partial charge >= 0.3 is 0 Å². The van der Waals surface area contributed by atoms with Gasteiger partial charge in [-0.25, -0.2) is 4.98 Å². The summed E-state index contributed by atoms with van der Waals surface area (Å²) in [6, 6.07) is 22.9. The average molecular weight is 512 g/mol. The first-order valence-corrected chi connectivity index (χ1v) is 13.7. The number of amides is 2. The standard InChI is InChI=1S/C30H29N3O3S/c1-36-21-17-15-19(16-18-21)27-26(28(34)32-30-31-24-13-7-8-14-25(24)37-30)22-11-5-6-12-23(22)29(35)33(27)20-9-3-2-4-10-20/h5-8,11-18,20,26-27H,2-4,9-10H2,1H3,(H,31,32,34)/t26-,27-/m0/s1. The van der Waals surface area contributed by atoms with Crippen LogP contribution in [-0.2, 0) is 4.79 Å². The molecule has 2 aliphatic rings. The molecule has 188 valence electrons. The number of ether oxygens (including phenoxy) is 1. The van der Waals surface area contributed by atoms with Crippen LogP contribution in [0.3, 0.4) is 0 Å². The molecule has 0 saturated heterocycles. The first-order valence-electron chi connectivity index (χ1n) is 12.9. The van der Waals surface area contributed by atoms with Crippen molar-refractivity contribution in [1.82, 2.24) is 9.88 Å². The van der Waals surface area contributed by atoms with Gasteiger partial charge in [-0.15, -0.1) is 0 Å². The number of benzene rings is 3. The van der Waals surface area contributed by atoms with Gasteiger partial charge in [0.2, 0.25) is 5.91 Å². The van der Waals surface area contributed by atoms with Crippen LogP contribution < -0.4 is 10.1 Å². The molecule has 1 saturated carbocycles. The van der Waals surface area contributed by atoms with Crippen LogP contribution in [0, 0.1) is 0 Å². The van der Waals surface area contributed by atoms with Crippen molar-refractivity contribution in [2.75, 3.05) is 12.4 Å². The van der Waals surface area contributed by atoms with Crippen LogP contribution in [0.15, 0.2) is 72.8 Å². The zero-order chi connectivity index (χ0) is 25.4. The van der Waals surface area contributed by atoms with E-state index in [0.29, 0.717) is 10.7 Å². The summed E-state index contributed by atoms with van der Waals surface area (Å²) in [7, 11) is 1.64. The first kappa shape index (κ1) is 23.7. The van der Waals surface area contributed by atoms with Crippen molar-refractivity contribution in [1.29, 1.82) is 0 Å². The van der Waals surface area contributed by atoms with Gasteiger partial charge in [0, 0.05) is 11.6 Å². The zero-order valence-electron chi connectivity index (χ0n) is 20.7. The van der Waals surface area contributed by atoms with E-state index in [9.17, 15) is 9.59 Å². The number of nitrogens with one attached hydrogen (secondary N) is 1. The number of aromatic nitrogens is 1. The van der Waals surface area contributed by atoms with Gasteiger partial charge < -0.3 is 15.0 Å². The Balaban J connectivity index is 1.46. The van der Waals surface area contributed by atoms with Gasteiger partial charge in [-0.1, -0.05) is 73.1 Å². The predicted molar refractivity (Wildman–Crippen MR) is 146 cm³/mol. The van der Waals surface area contributed by atoms with Gasteiger partial charge in [-0.2, -0.15) is 0 Å². The van der Waals surface area contributed by atoms with E-state index in [1.54, 1.807) is 7.11 Å². The van der Waals surface area contributed by atoms with Gasteiger partial charge in [0.05, 0.1) is 29.3 Å². The Hall–Kier alpha value is -3.71. The molecule has 6 nitrogen and oxygen atoms in total. The van der Waals surface area contributed by atoms with Gasteiger partial charge in [-0.05, 0) is 54.3 Å². The topological polar surface area (TPSA) is 71.5 Å². The number of rotatable bonds is 5. The number of para-hydroxylation sites is 1. The van der Waals surface area contributed by atoms with Crippen LogP contribution in [-0.4, -0.2) is 34.8 Å². The highest BCUT2D eigenvalue weighted by Crippen LogP contribution is 2.46. The molecule has 3 aromatic carbocycles. The Morgan fingerprint density at radius 3 is 2.46 bits per heavy atom. The monoisotopic (exact) mass is 511 g/mol. The second-order valence-electron chi connectivity index (χ2n) is 9.76. The smallest absolute Gasteiger partial charge is 0.254 e. The van der Waals surface area contributed by atoms with Crippen LogP contribution in [0.1, 0.15) is 65.5 Å². The van der Waals surface area contributed by atoms with E-state index in [-0.39, 0.29) is 17.9 Å². The summed E-state index contributed by atoms with van der Waals surface area (Å²) in [5.41, 5.74) is 3.16. The van der Waals surface area contributed by atoms with Crippen molar-refractivity contribution >= 4 is 38.5 Å². The summed E-state index contributed by atoms with van der Waals surface area (Å²) >= 11 is 1.46. The van der Waals surface area contributed by atoms with Crippen LogP contribution >= 0.6 is 11.3 Å². The molecule has 1 fully saturated rings. The maximum absolute atomic E-state index is 14.1. The first-order chi connectivity index (χ1) is 18.1. The van der Waals surface area contributed by atoms with Crippen molar-refractivity contribution in [3.05, 3.63) is 89.5 Å². The molecule has 1 aromatic heterocycles. The Labute approximate surface area is 220 Å². The minimum atomic E-state index is -0.573. The summed E-state index contributed by atoms with van der Waals surface area (Å²) in [4.78, 5) is 34.8. The molecule has 2 amide bonds. The fourth-order valence-corrected chi connectivity index (χ4v) is 6.73. The molecule has 1 aliphatic carbocycles. The number of anilines is 1. The summed E-state index contributed by atoms with van der Waals surface area (Å²) in [6.07, 6.45) is 5.27. The molecule has 6 rings (SSSR count). The van der Waals surface area contributed by atoms with E-state index in [0.717, 1.165) is 52.8 Å². The third kappa shape index (κ3) is 4.37. The molecular weight excluding hydrogens is 482 g/mol. The van der Waals surface area contributed by atoms with Crippen molar-refractivity contribution in [3.63, 3.8) is 0 Å². The lowest BCUT2D eigenvalue weighted by Crippen LogP contribution is -2.51. The van der Waals surface area contributed by atoms with E-state index in [2.05, 4.69) is 10.3 Å². The molecule has 2 atom stereocenters. The SMILES string of the molecule is COc1ccc([C@H]2[C@@H](C(=O)Nc3nc4ccccc4s3)c3ccccc3C(=O)N2C2CCCCC2)cc1. The van der Waals surface area contributed by atoms with Crippen LogP contribution in [0.2, 0.25) is 0 Å². The number of hydrogen-bond donors (Lipinski definition) is 1. The van der Waals surface area contributed by atoms with Gasteiger partial charge in [-0.3, -0.25) is 9.59 Å². The number of carbonyl (C=O) groups is 2. The maximum Gasteiger partial charge on any atom is 0.254 e. The van der Waals surface area contributed by atoms with Gasteiger partial charge in [0.15, 0.2) is 5.13 Å². The molecule has 4 aromatic rings. The molecule has 1 N–H and O–H groups in total. The Bertz CT molecular complexity index is 1410. The fourth-order valence-electron chi connectivity index (χ4n) is 5.86. The largest absolute Gasteiger partial charge is 0.497 e. The average Bonchev–Trinajstić information content (AvgIpc) is 3.35. The third-order valence-corrected chi connectivity index (χ3v) is 8.56. The summed E-state index contributed by atoms with van der Waals surface area (Å²) in [5, 5.41) is 3.68. The lowest BCUT2D eigenvalue weighted by molar-refractivity contribution is -0.119. The lowest BCUT2D eigenvalue weighted by Gasteiger charge is -2.46. The molecule has 37 heavy (non-hydrogen) atoms. The number of methoxy groups -OCH3 is 1. The molecule has 0 bridgehead atoms. The Morgan fingerprint density at radius 1 is 0.973 bits per heavy atom. The fraction of sp³-hybridized carbons (Fsp3) is 0.300. The van der Waals surface area contributed by atoms with E-state index in [1.165, 1.54) is 17.8 Å². The summed E-state index contributed by atoms with van der Waals surface area (Å²) in [5.74, 6) is 0.0233. The molecule has 0 unspecified atom stereocenters. The van der Waals surface area contributed by atoms with Gasteiger partial charge in [0.1, 0.15) is 5.75 Å². The molecule has 7 heteroatoms. The molecule has 2 heterocycles. The molecular formula is C30H29N3O3S. The van der Waals surface area contributed by atoms with Crippen LogP contribution in [0.25, 0.3) is 10.2 Å². The van der Waals surface area contributed by atoms with Crippen LogP contribution in [0.5, 0.6) is 5.75 Å². The van der Waals surface area contributed by atoms with E-state index >= 15 is 0 Å². The van der Waals surface area contributed by atoms with Gasteiger partial charge in [0.25, 0.3) is 5.91 Å². The van der Waals surface area contributed by atoms with Crippen LogP contribution in [0.4, 0.5) is 5.13 Å². The number of hydrogen-bond acceptors (Lipinski definition) is 5. The third-order valence-electron chi connectivity index (χ3n) is 7.61. The quantitative estimate of drug-likeness (QED) is 0.330. The highest BCUT2D eigenvalue weighted by Gasteiger charge is 2.46. The van der Waals surface area contributed by atoms with Crippen molar-refractivity contribution in [3.8, 4) is 5.75 Å². The summed E-state index contributed by atoms with van der Waals surface area (Å²) in [6.45, 7) is 0. The second-order valence-corrected chi connectivity index (χ2v) is 10.8. The highest BCUT2D eigenvalue weighted by molar-refractivity contribution is 7.22. The summed E-state index contributed by atoms with van der Waals surface area (Å²) < 4.78 is 6.41. The Kier molecular flexibility index (Phi) is 6.38. The minimum Gasteiger partial charge on any atom is -0.497 e. The van der Waals surface area contributed by atoms with Crippen molar-refractivity contribution in [2.45, 2.75) is 50.1 Å². The molecule has 1 aliphatic heterocycles. The second kappa shape index (κ2) is 9.98. The van der Waals surface area contributed by atoms with E-state index in [4.69, 9.17) is 4.74 Å². The predicted octanol–water partition coefficient (Wildman–Crippen LogP) is 6.56. The van der Waals surface area contributed by atoms with Crippen molar-refractivity contribution in [2.24, 2.45) is 0 Å². The maximum atomic E-state index is 14.1. The number of thiazole rings is 1. The zero-order valence-corrected chi connectivity index (χ0v) is 21.5. The number of carbonyl (C=O) groups excluding carboxylic acids is 2. The minimum absolute atomic E-state index is 0.00681. The lowest BCUT2D eigenvalue weighted by atomic mass is 9.77. The normalized spacial score (nSPS) is 20.0. The highest BCUT2D eigenvalue weighted by atomic mass is 32.1. The number of nitrogens with zero attached hydrogens (tertiary/aromatic N) is 2. The molecule has 0 spiro atoms. The number of fused-ring (bicyclic) bond motifs is 2. The molecule has 0 radical (unpaired) electrons. The van der Waals surface area contributed by atoms with Crippen molar-refractivity contribution < 1.29 is 14.3 Å². The van der Waals surface area contributed by atoms with E-state index in [1.807, 2.05) is 77.7 Å².